The van der Waals surface area contributed by atoms with E-state index in [0.29, 0.717) is 13.0 Å². The molecule has 0 saturated carbocycles. The van der Waals surface area contributed by atoms with Crippen molar-refractivity contribution in [3.63, 3.8) is 0 Å². The van der Waals surface area contributed by atoms with Crippen molar-refractivity contribution in [2.45, 2.75) is 26.3 Å². The number of carbonyl (C=O) groups is 2. The molecule has 18 heavy (non-hydrogen) atoms. The summed E-state index contributed by atoms with van der Waals surface area (Å²) in [6, 6.07) is -0.573. The Kier molecular flexibility index (Phi) is 5.00. The van der Waals surface area contributed by atoms with Crippen molar-refractivity contribution in [3.8, 4) is 0 Å². The van der Waals surface area contributed by atoms with Crippen LogP contribution in [-0.4, -0.2) is 55.2 Å². The molecular weight excluding hydrogens is 234 g/mol. The zero-order chi connectivity index (χ0) is 13.7. The predicted octanol–water partition coefficient (Wildman–Crippen LogP) is 0.451. The van der Waals surface area contributed by atoms with Crippen LogP contribution in [0, 0.1) is 5.92 Å². The van der Waals surface area contributed by atoms with E-state index in [-0.39, 0.29) is 11.7 Å². The Morgan fingerprint density at radius 1 is 1.56 bits per heavy atom. The second-order valence-corrected chi connectivity index (χ2v) is 4.68. The van der Waals surface area contributed by atoms with Crippen LogP contribution in [0.15, 0.2) is 4.99 Å². The Morgan fingerprint density at radius 3 is 2.67 bits per heavy atom. The number of methoxy groups -OCH3 is 1. The number of alkyl carbamates (subject to hydrolysis) is 1. The molecule has 0 radical (unpaired) electrons. The number of aliphatic imine (C=N–C) groups is 1. The van der Waals surface area contributed by atoms with E-state index in [2.05, 4.69) is 15.0 Å². The fourth-order valence-corrected chi connectivity index (χ4v) is 1.73. The van der Waals surface area contributed by atoms with Gasteiger partial charge >= 0.3 is 6.09 Å². The van der Waals surface area contributed by atoms with Crippen molar-refractivity contribution in [2.24, 2.45) is 10.9 Å². The van der Waals surface area contributed by atoms with Gasteiger partial charge in [-0.25, -0.2) is 4.79 Å². The largest absolute Gasteiger partial charge is 0.453 e. The number of nitrogens with zero attached hydrogens (tertiary/aromatic N) is 2. The van der Waals surface area contributed by atoms with E-state index in [4.69, 9.17) is 0 Å². The van der Waals surface area contributed by atoms with Crippen LogP contribution in [-0.2, 0) is 9.53 Å². The van der Waals surface area contributed by atoms with Crippen LogP contribution in [0.2, 0.25) is 0 Å². The molecule has 6 heteroatoms. The molecule has 0 spiro atoms. The number of Topliss-reactive ketones (excluding diaryl/α,β-unsaturated/α-hetero) is 1. The van der Waals surface area contributed by atoms with Crippen LogP contribution >= 0.6 is 0 Å². The van der Waals surface area contributed by atoms with Gasteiger partial charge in [-0.2, -0.15) is 0 Å². The van der Waals surface area contributed by atoms with Crippen LogP contribution in [0.5, 0.6) is 0 Å². The summed E-state index contributed by atoms with van der Waals surface area (Å²) >= 11 is 0. The third-order valence-electron chi connectivity index (χ3n) is 2.70. The maximum absolute atomic E-state index is 12.0. The van der Waals surface area contributed by atoms with Gasteiger partial charge in [-0.1, -0.05) is 18.8 Å². The van der Waals surface area contributed by atoms with E-state index in [9.17, 15) is 9.59 Å². The Balaban J connectivity index is 2.66. The van der Waals surface area contributed by atoms with E-state index in [0.717, 1.165) is 5.71 Å². The minimum Gasteiger partial charge on any atom is -0.453 e. The summed E-state index contributed by atoms with van der Waals surface area (Å²) in [5.74, 6) is -0.159. The molecule has 1 atom stereocenters. The summed E-state index contributed by atoms with van der Waals surface area (Å²) < 4.78 is 6.46. The van der Waals surface area contributed by atoms with Gasteiger partial charge in [0.1, 0.15) is 6.54 Å². The van der Waals surface area contributed by atoms with Crippen LogP contribution in [0.1, 0.15) is 20.3 Å². The van der Waals surface area contributed by atoms with Crippen molar-refractivity contribution >= 4 is 23.9 Å². The Hall–Kier alpha value is -1.72. The number of hydrogen-bond donors (Lipinski definition) is 1. The molecule has 1 aliphatic heterocycles. The van der Waals surface area contributed by atoms with Gasteiger partial charge in [0.25, 0.3) is 6.34 Å². The zero-order valence-corrected chi connectivity index (χ0v) is 11.3. The molecule has 100 valence electrons. The molecule has 0 aromatic carbocycles. The first-order chi connectivity index (χ1) is 8.43. The van der Waals surface area contributed by atoms with Gasteiger partial charge in [-0.05, 0) is 0 Å². The third kappa shape index (κ3) is 3.94. The normalized spacial score (nSPS) is 16.1. The Labute approximate surface area is 107 Å². The fourth-order valence-electron chi connectivity index (χ4n) is 1.73. The maximum atomic E-state index is 12.0. The highest BCUT2D eigenvalue weighted by Gasteiger charge is 2.28. The zero-order valence-electron chi connectivity index (χ0n) is 11.3. The monoisotopic (exact) mass is 254 g/mol. The van der Waals surface area contributed by atoms with Crippen LogP contribution in [0.3, 0.4) is 0 Å². The number of nitrogens with one attached hydrogen (secondary N) is 1. The van der Waals surface area contributed by atoms with Crippen LogP contribution < -0.4 is 5.32 Å². The molecule has 0 saturated heterocycles. The summed E-state index contributed by atoms with van der Waals surface area (Å²) in [5, 5.41) is 2.57. The molecule has 6 nitrogen and oxygen atoms in total. The smallest absolute Gasteiger partial charge is 0.407 e. The quantitative estimate of drug-likeness (QED) is 0.724. The van der Waals surface area contributed by atoms with E-state index in [1.165, 1.54) is 7.11 Å². The molecule has 1 N–H and O–H groups in total. The van der Waals surface area contributed by atoms with E-state index in [1.54, 1.807) is 6.34 Å². The van der Waals surface area contributed by atoms with E-state index in [1.807, 2.05) is 25.5 Å². The molecule has 0 unspecified atom stereocenters. The fraction of sp³-hybridized carbons (Fsp3) is 0.667. The Morgan fingerprint density at radius 2 is 2.22 bits per heavy atom. The lowest BCUT2D eigenvalue weighted by atomic mass is 9.97. The number of ketones is 1. The molecular formula is C12H20N3O3+. The highest BCUT2D eigenvalue weighted by atomic mass is 16.5. The highest BCUT2D eigenvalue weighted by molar-refractivity contribution is 5.99. The van der Waals surface area contributed by atoms with Gasteiger partial charge in [0.05, 0.1) is 20.2 Å². The van der Waals surface area contributed by atoms with Crippen molar-refractivity contribution in [2.75, 3.05) is 20.7 Å². The number of hydrogen-bond acceptors (Lipinski definition) is 4. The molecule has 0 bridgehead atoms. The maximum Gasteiger partial charge on any atom is 0.407 e. The Bertz CT molecular complexity index is 399. The first-order valence-electron chi connectivity index (χ1n) is 5.91. The summed E-state index contributed by atoms with van der Waals surface area (Å²) in [7, 11) is 3.18. The van der Waals surface area contributed by atoms with Gasteiger partial charge in [-0.3, -0.25) is 9.37 Å². The molecule has 0 aromatic heterocycles. The number of amides is 1. The van der Waals surface area contributed by atoms with Crippen molar-refractivity contribution < 1.29 is 18.9 Å². The summed E-state index contributed by atoms with van der Waals surface area (Å²) in [5.41, 5.74) is 0.882. The van der Waals surface area contributed by atoms with Crippen LogP contribution in [0.25, 0.3) is 0 Å². The molecule has 1 rings (SSSR count). The lowest BCUT2D eigenvalue weighted by Crippen LogP contribution is -2.44. The second-order valence-electron chi connectivity index (χ2n) is 4.68. The average Bonchev–Trinajstić information content (AvgIpc) is 2.72. The second kappa shape index (κ2) is 6.28. The molecule has 0 fully saturated rings. The first kappa shape index (κ1) is 14.3. The van der Waals surface area contributed by atoms with Gasteiger partial charge in [-0.15, -0.1) is 0 Å². The van der Waals surface area contributed by atoms with Gasteiger partial charge in [0.2, 0.25) is 0 Å². The van der Waals surface area contributed by atoms with E-state index < -0.39 is 12.1 Å². The van der Waals surface area contributed by atoms with E-state index >= 15 is 0 Å². The minimum absolute atomic E-state index is 0.0161. The topological polar surface area (TPSA) is 70.8 Å². The molecule has 0 aromatic rings. The molecule has 0 aliphatic carbocycles. The van der Waals surface area contributed by atoms with Gasteiger partial charge in [0, 0.05) is 12.3 Å². The number of carbonyl (C=O) groups excluding carboxylic acids is 2. The standard InChI is InChI=1S/C12H19N3O3/c1-8(2)11(16)10(14-12(17)18-4)5-9-6-15(3)7-13-9/h7-8,10H,5-6H2,1-4H3/p+1/t10-/m0/s1. The summed E-state index contributed by atoms with van der Waals surface area (Å²) in [4.78, 5) is 27.5. The van der Waals surface area contributed by atoms with Gasteiger partial charge in [0.15, 0.2) is 11.5 Å². The first-order valence-corrected chi connectivity index (χ1v) is 5.91. The van der Waals surface area contributed by atoms with Crippen molar-refractivity contribution in [1.82, 2.24) is 5.32 Å². The van der Waals surface area contributed by atoms with Crippen molar-refractivity contribution in [1.29, 1.82) is 0 Å². The SMILES string of the molecule is COC(=O)N[C@@H](CC1=NC=[N+](C)C1)C(=O)C(C)C. The number of ether oxygens (including phenoxy) is 1. The van der Waals surface area contributed by atoms with Crippen LogP contribution in [0.4, 0.5) is 4.79 Å². The third-order valence-corrected chi connectivity index (χ3v) is 2.70. The lowest BCUT2D eigenvalue weighted by Gasteiger charge is -2.17. The summed E-state index contributed by atoms with van der Waals surface area (Å²) in [6.07, 6.45) is 1.54. The molecule has 1 aliphatic rings. The predicted molar refractivity (Wildman–Crippen MR) is 68.3 cm³/mol. The highest BCUT2D eigenvalue weighted by Crippen LogP contribution is 2.07. The molecule has 1 amide bonds. The lowest BCUT2D eigenvalue weighted by molar-refractivity contribution is -0.473. The summed E-state index contributed by atoms with van der Waals surface area (Å²) in [6.45, 7) is 4.30. The van der Waals surface area contributed by atoms with Crippen molar-refractivity contribution in [3.05, 3.63) is 0 Å². The molecule has 1 heterocycles. The number of rotatable bonds is 5. The van der Waals surface area contributed by atoms with Gasteiger partial charge < -0.3 is 10.1 Å². The minimum atomic E-state index is -0.593. The average molecular weight is 254 g/mol.